The first-order chi connectivity index (χ1) is 21.3. The number of nitrogens with zero attached hydrogens (tertiary/aromatic N) is 1. The number of aromatic nitrogens is 1. The predicted octanol–water partition coefficient (Wildman–Crippen LogP) is 11.6. The zero-order valence-electron chi connectivity index (χ0n) is 23.5. The Hall–Kier alpha value is -5.66. The first kappa shape index (κ1) is 24.0. The van der Waals surface area contributed by atoms with Crippen LogP contribution in [0.3, 0.4) is 0 Å². The lowest BCUT2D eigenvalue weighted by molar-refractivity contribution is 1.19. The molecule has 8 aromatic carbocycles. The number of benzene rings is 8. The van der Waals surface area contributed by atoms with Crippen LogP contribution in [-0.4, -0.2) is 4.57 Å². The van der Waals surface area contributed by atoms with E-state index >= 15 is 0 Å². The van der Waals surface area contributed by atoms with Crippen LogP contribution in [0, 0.1) is 0 Å². The molecule has 9 aromatic rings. The van der Waals surface area contributed by atoms with E-state index in [1.54, 1.807) is 0 Å². The largest absolute Gasteiger partial charge is 0.309 e. The Balaban J connectivity index is 1.51. The SMILES string of the molecule is c1ccc(-c2cc(-c3ccccc3)cc(-n3c4cc5ccccc5cc4c4c5ccccc5c5ccccc5c43)c2)cc1. The molecule has 0 fully saturated rings. The highest BCUT2D eigenvalue weighted by Gasteiger charge is 2.20. The van der Waals surface area contributed by atoms with Gasteiger partial charge in [0, 0.05) is 21.8 Å². The maximum absolute atomic E-state index is 2.52. The van der Waals surface area contributed by atoms with Crippen LogP contribution < -0.4 is 0 Å². The van der Waals surface area contributed by atoms with Crippen molar-refractivity contribution in [2.75, 3.05) is 0 Å². The molecule has 0 atom stereocenters. The first-order valence-electron chi connectivity index (χ1n) is 14.9. The molecule has 1 heteroatoms. The van der Waals surface area contributed by atoms with Gasteiger partial charge in [0.1, 0.15) is 0 Å². The van der Waals surface area contributed by atoms with E-state index in [9.17, 15) is 0 Å². The van der Waals surface area contributed by atoms with Crippen molar-refractivity contribution >= 4 is 54.1 Å². The molecule has 9 rings (SSSR count). The molecule has 0 saturated carbocycles. The van der Waals surface area contributed by atoms with Crippen LogP contribution in [0.5, 0.6) is 0 Å². The molecule has 0 aliphatic rings. The Labute approximate surface area is 249 Å². The van der Waals surface area contributed by atoms with Crippen molar-refractivity contribution in [3.8, 4) is 27.9 Å². The van der Waals surface area contributed by atoms with Gasteiger partial charge in [0.2, 0.25) is 0 Å². The van der Waals surface area contributed by atoms with E-state index in [0.29, 0.717) is 0 Å². The van der Waals surface area contributed by atoms with E-state index < -0.39 is 0 Å². The van der Waals surface area contributed by atoms with Crippen LogP contribution in [0.4, 0.5) is 0 Å². The fraction of sp³-hybridized carbons (Fsp3) is 0. The molecule has 0 amide bonds. The topological polar surface area (TPSA) is 4.93 Å². The molecule has 200 valence electrons. The summed E-state index contributed by atoms with van der Waals surface area (Å²) in [7, 11) is 0. The van der Waals surface area contributed by atoms with Crippen molar-refractivity contribution in [3.05, 3.63) is 164 Å². The lowest BCUT2D eigenvalue weighted by Gasteiger charge is -2.16. The van der Waals surface area contributed by atoms with Gasteiger partial charge >= 0.3 is 0 Å². The van der Waals surface area contributed by atoms with Gasteiger partial charge in [-0.15, -0.1) is 0 Å². The Morgan fingerprint density at radius 3 is 1.44 bits per heavy atom. The second kappa shape index (κ2) is 9.44. The lowest BCUT2D eigenvalue weighted by Crippen LogP contribution is -1.97. The highest BCUT2D eigenvalue weighted by molar-refractivity contribution is 6.33. The van der Waals surface area contributed by atoms with Gasteiger partial charge in [-0.05, 0) is 79.5 Å². The molecule has 0 saturated heterocycles. The van der Waals surface area contributed by atoms with Crippen LogP contribution in [-0.2, 0) is 0 Å². The standard InChI is InChI=1S/C42H27N/c1-3-13-28(14-4-1)32-23-33(29-15-5-2-6-16-29)25-34(24-32)43-40-27-31-18-8-7-17-30(31)26-39(40)41-37-21-11-9-19-35(37)36-20-10-12-22-38(36)42(41)43/h1-27H. The molecule has 0 spiro atoms. The second-order valence-electron chi connectivity index (χ2n) is 11.4. The Kier molecular flexibility index (Phi) is 5.27. The summed E-state index contributed by atoms with van der Waals surface area (Å²) in [5.41, 5.74) is 8.47. The Bertz CT molecular complexity index is 2430. The average Bonchev–Trinajstić information content (AvgIpc) is 3.42. The van der Waals surface area contributed by atoms with Gasteiger partial charge in [-0.1, -0.05) is 133 Å². The molecule has 0 aliphatic carbocycles. The van der Waals surface area contributed by atoms with Crippen molar-refractivity contribution in [2.24, 2.45) is 0 Å². The van der Waals surface area contributed by atoms with Crippen molar-refractivity contribution in [1.82, 2.24) is 4.57 Å². The van der Waals surface area contributed by atoms with Gasteiger partial charge in [-0.25, -0.2) is 0 Å². The minimum atomic E-state index is 1.16. The fourth-order valence-electron chi connectivity index (χ4n) is 6.96. The van der Waals surface area contributed by atoms with E-state index in [4.69, 9.17) is 0 Å². The van der Waals surface area contributed by atoms with Crippen LogP contribution in [0.2, 0.25) is 0 Å². The minimum Gasteiger partial charge on any atom is -0.309 e. The van der Waals surface area contributed by atoms with Gasteiger partial charge in [0.05, 0.1) is 11.0 Å². The summed E-state index contributed by atoms with van der Waals surface area (Å²) >= 11 is 0. The normalized spacial score (nSPS) is 11.7. The minimum absolute atomic E-state index is 1.16. The van der Waals surface area contributed by atoms with E-state index in [1.165, 1.54) is 76.4 Å². The Morgan fingerprint density at radius 2 is 0.814 bits per heavy atom. The van der Waals surface area contributed by atoms with Gasteiger partial charge in [-0.2, -0.15) is 0 Å². The summed E-state index contributed by atoms with van der Waals surface area (Å²) in [6.45, 7) is 0. The maximum atomic E-state index is 2.52. The number of rotatable bonds is 3. The summed E-state index contributed by atoms with van der Waals surface area (Å²) in [5, 5.41) is 10.2. The van der Waals surface area contributed by atoms with Gasteiger partial charge < -0.3 is 4.57 Å². The van der Waals surface area contributed by atoms with Gasteiger partial charge in [0.15, 0.2) is 0 Å². The van der Waals surface area contributed by atoms with Crippen LogP contribution >= 0.6 is 0 Å². The highest BCUT2D eigenvalue weighted by Crippen LogP contribution is 2.44. The monoisotopic (exact) mass is 545 g/mol. The molecular formula is C42H27N. The molecule has 1 nitrogen and oxygen atoms in total. The van der Waals surface area contributed by atoms with Crippen LogP contribution in [0.1, 0.15) is 0 Å². The van der Waals surface area contributed by atoms with E-state index in [0.717, 1.165) is 5.69 Å². The van der Waals surface area contributed by atoms with E-state index in [2.05, 4.69) is 168 Å². The molecule has 0 aliphatic heterocycles. The molecule has 1 aromatic heterocycles. The van der Waals surface area contributed by atoms with Crippen LogP contribution in [0.25, 0.3) is 82.1 Å². The number of fused-ring (bicyclic) bond motifs is 9. The van der Waals surface area contributed by atoms with E-state index in [1.807, 2.05) is 0 Å². The molecular weight excluding hydrogens is 518 g/mol. The predicted molar refractivity (Wildman–Crippen MR) is 184 cm³/mol. The van der Waals surface area contributed by atoms with Gasteiger partial charge in [0.25, 0.3) is 0 Å². The zero-order chi connectivity index (χ0) is 28.3. The van der Waals surface area contributed by atoms with Crippen molar-refractivity contribution in [3.63, 3.8) is 0 Å². The number of hydrogen-bond donors (Lipinski definition) is 0. The summed E-state index contributed by atoms with van der Waals surface area (Å²) in [4.78, 5) is 0. The van der Waals surface area contributed by atoms with Crippen LogP contribution in [0.15, 0.2) is 164 Å². The third-order valence-electron chi connectivity index (χ3n) is 8.89. The van der Waals surface area contributed by atoms with Crippen molar-refractivity contribution in [2.45, 2.75) is 0 Å². The first-order valence-corrected chi connectivity index (χ1v) is 14.9. The second-order valence-corrected chi connectivity index (χ2v) is 11.4. The third-order valence-corrected chi connectivity index (χ3v) is 8.89. The zero-order valence-corrected chi connectivity index (χ0v) is 23.5. The quantitative estimate of drug-likeness (QED) is 0.195. The molecule has 43 heavy (non-hydrogen) atoms. The fourth-order valence-corrected chi connectivity index (χ4v) is 6.96. The lowest BCUT2D eigenvalue weighted by atomic mass is 9.96. The molecule has 0 bridgehead atoms. The average molecular weight is 546 g/mol. The summed E-state index contributed by atoms with van der Waals surface area (Å²) in [6, 6.07) is 59.8. The maximum Gasteiger partial charge on any atom is 0.0625 e. The van der Waals surface area contributed by atoms with Gasteiger partial charge in [-0.3, -0.25) is 0 Å². The van der Waals surface area contributed by atoms with E-state index in [-0.39, 0.29) is 0 Å². The molecule has 1 heterocycles. The summed E-state index contributed by atoms with van der Waals surface area (Å²) in [6.07, 6.45) is 0. The van der Waals surface area contributed by atoms with Crippen molar-refractivity contribution in [1.29, 1.82) is 0 Å². The third kappa shape index (κ3) is 3.72. The highest BCUT2D eigenvalue weighted by atomic mass is 15.0. The summed E-state index contributed by atoms with van der Waals surface area (Å²) in [5.74, 6) is 0. The van der Waals surface area contributed by atoms with Crippen molar-refractivity contribution < 1.29 is 0 Å². The molecule has 0 unspecified atom stereocenters. The molecule has 0 N–H and O–H groups in total. The number of hydrogen-bond acceptors (Lipinski definition) is 0. The Morgan fingerprint density at radius 1 is 0.326 bits per heavy atom. The molecule has 0 radical (unpaired) electrons. The smallest absolute Gasteiger partial charge is 0.0625 e. The summed E-state index contributed by atoms with van der Waals surface area (Å²) < 4.78 is 2.52.